The number of hydrogen-bond acceptors (Lipinski definition) is 6. The average Bonchev–Trinajstić information content (AvgIpc) is 3.45. The Balaban J connectivity index is 1.41. The Morgan fingerprint density at radius 2 is 1.73 bits per heavy atom. The Kier molecular flexibility index (Phi) is 5.57. The summed E-state index contributed by atoms with van der Waals surface area (Å²) < 4.78 is 17.2. The van der Waals surface area contributed by atoms with Gasteiger partial charge in [-0.05, 0) is 61.4 Å². The molecule has 1 amide bonds. The molecule has 3 heterocycles. The van der Waals surface area contributed by atoms with Gasteiger partial charge in [0, 0.05) is 11.1 Å². The van der Waals surface area contributed by atoms with Crippen molar-refractivity contribution in [3.63, 3.8) is 0 Å². The van der Waals surface area contributed by atoms with E-state index in [4.69, 9.17) is 25.3 Å². The fraction of sp³-hybridized carbons (Fsp3) is 0.138. The molecule has 0 aliphatic carbocycles. The number of amides is 1. The van der Waals surface area contributed by atoms with Crippen molar-refractivity contribution in [2.75, 3.05) is 4.90 Å². The van der Waals surface area contributed by atoms with Gasteiger partial charge in [0.1, 0.15) is 23.7 Å². The number of benzene rings is 3. The number of nitrogens with zero attached hydrogens (tertiary/aromatic N) is 2. The molecule has 2 aromatic heterocycles. The van der Waals surface area contributed by atoms with E-state index in [1.807, 2.05) is 61.5 Å². The molecule has 0 saturated heterocycles. The molecule has 1 atom stereocenters. The van der Waals surface area contributed by atoms with Crippen molar-refractivity contribution in [1.82, 2.24) is 5.16 Å². The largest absolute Gasteiger partial charge is 0.489 e. The summed E-state index contributed by atoms with van der Waals surface area (Å²) in [6.07, 6.45) is 0. The van der Waals surface area contributed by atoms with Gasteiger partial charge in [0.05, 0.1) is 17.0 Å². The second kappa shape index (κ2) is 8.94. The van der Waals surface area contributed by atoms with Gasteiger partial charge in [0.25, 0.3) is 5.91 Å². The Morgan fingerprint density at radius 1 is 0.973 bits per heavy atom. The van der Waals surface area contributed by atoms with Crippen LogP contribution in [0.5, 0.6) is 5.75 Å². The number of carbonyl (C=O) groups is 1. The number of carbonyl (C=O) groups excluding carboxylic acids is 1. The van der Waals surface area contributed by atoms with Crippen molar-refractivity contribution in [3.8, 4) is 5.75 Å². The van der Waals surface area contributed by atoms with E-state index in [9.17, 15) is 9.59 Å². The third-order valence-electron chi connectivity index (χ3n) is 6.40. The topological polar surface area (TPSA) is 85.8 Å². The van der Waals surface area contributed by atoms with Crippen LogP contribution in [0.25, 0.3) is 11.0 Å². The monoisotopic (exact) mass is 512 g/mol. The van der Waals surface area contributed by atoms with Crippen LogP contribution in [-0.2, 0) is 6.61 Å². The lowest BCUT2D eigenvalue weighted by Gasteiger charge is -2.22. The number of rotatable bonds is 5. The summed E-state index contributed by atoms with van der Waals surface area (Å²) >= 11 is 5.95. The summed E-state index contributed by atoms with van der Waals surface area (Å²) in [4.78, 5) is 28.7. The van der Waals surface area contributed by atoms with Crippen LogP contribution in [-0.4, -0.2) is 11.1 Å². The van der Waals surface area contributed by atoms with Gasteiger partial charge in [-0.2, -0.15) is 0 Å². The van der Waals surface area contributed by atoms with E-state index in [1.54, 1.807) is 25.1 Å². The predicted molar refractivity (Wildman–Crippen MR) is 139 cm³/mol. The maximum absolute atomic E-state index is 13.7. The van der Waals surface area contributed by atoms with Gasteiger partial charge in [-0.3, -0.25) is 14.5 Å². The SMILES string of the molecule is Cc1ccc2oc3c(c(=O)c2c1)[C@@H](c1ccc(OCc2ccc(Cl)cc2)cc1)N(c1cc(C)on1)C3=O. The van der Waals surface area contributed by atoms with E-state index in [2.05, 4.69) is 5.16 Å². The van der Waals surface area contributed by atoms with Gasteiger partial charge in [-0.15, -0.1) is 0 Å². The van der Waals surface area contributed by atoms with Gasteiger partial charge in [-0.1, -0.05) is 52.7 Å². The molecule has 1 aliphatic rings. The van der Waals surface area contributed by atoms with Crippen molar-refractivity contribution in [2.24, 2.45) is 0 Å². The number of hydrogen-bond donors (Lipinski definition) is 0. The molecular weight excluding hydrogens is 492 g/mol. The second-order valence-electron chi connectivity index (χ2n) is 9.03. The minimum Gasteiger partial charge on any atom is -0.489 e. The summed E-state index contributed by atoms with van der Waals surface area (Å²) in [5, 5.41) is 5.15. The van der Waals surface area contributed by atoms with Crippen LogP contribution in [0.2, 0.25) is 5.02 Å². The lowest BCUT2D eigenvalue weighted by Crippen LogP contribution is -2.29. The highest BCUT2D eigenvalue weighted by atomic mass is 35.5. The van der Waals surface area contributed by atoms with Gasteiger partial charge < -0.3 is 13.7 Å². The van der Waals surface area contributed by atoms with E-state index in [0.29, 0.717) is 45.5 Å². The van der Waals surface area contributed by atoms with Gasteiger partial charge in [0.15, 0.2) is 11.2 Å². The summed E-state index contributed by atoms with van der Waals surface area (Å²) in [5.74, 6) is 1.06. The first kappa shape index (κ1) is 23.1. The zero-order chi connectivity index (χ0) is 25.7. The minimum atomic E-state index is -0.738. The molecule has 0 saturated carbocycles. The van der Waals surface area contributed by atoms with Crippen molar-refractivity contribution in [2.45, 2.75) is 26.5 Å². The smallest absolute Gasteiger partial charge is 0.296 e. The molecule has 1 aliphatic heterocycles. The van der Waals surface area contributed by atoms with Crippen LogP contribution in [0.15, 0.2) is 86.5 Å². The highest BCUT2D eigenvalue weighted by molar-refractivity contribution is 6.30. The number of aryl methyl sites for hydroxylation is 2. The predicted octanol–water partition coefficient (Wildman–Crippen LogP) is 6.38. The lowest BCUT2D eigenvalue weighted by molar-refractivity contribution is 0.0969. The van der Waals surface area contributed by atoms with E-state index < -0.39 is 11.9 Å². The minimum absolute atomic E-state index is 0.00933. The molecule has 5 aromatic rings. The molecule has 7 nitrogen and oxygen atoms in total. The molecule has 8 heteroatoms. The van der Waals surface area contributed by atoms with Crippen LogP contribution in [0, 0.1) is 13.8 Å². The number of halogens is 1. The number of ether oxygens (including phenoxy) is 1. The molecule has 0 radical (unpaired) electrons. The number of anilines is 1. The van der Waals surface area contributed by atoms with Crippen LogP contribution in [0.4, 0.5) is 5.82 Å². The number of fused-ring (bicyclic) bond motifs is 2. The average molecular weight is 513 g/mol. The molecular formula is C29H21ClN2O5. The Morgan fingerprint density at radius 3 is 2.43 bits per heavy atom. The molecule has 0 fully saturated rings. The van der Waals surface area contributed by atoms with E-state index >= 15 is 0 Å². The fourth-order valence-electron chi connectivity index (χ4n) is 4.60. The summed E-state index contributed by atoms with van der Waals surface area (Å²) in [6, 6.07) is 21.0. The Hall–Kier alpha value is -4.36. The van der Waals surface area contributed by atoms with E-state index in [1.165, 1.54) is 4.90 Å². The molecule has 37 heavy (non-hydrogen) atoms. The molecule has 0 N–H and O–H groups in total. The maximum atomic E-state index is 13.7. The molecule has 0 spiro atoms. The zero-order valence-corrected chi connectivity index (χ0v) is 20.8. The molecule has 184 valence electrons. The third-order valence-corrected chi connectivity index (χ3v) is 6.65. The Bertz CT molecular complexity index is 1700. The van der Waals surface area contributed by atoms with Gasteiger partial charge in [0.2, 0.25) is 5.76 Å². The van der Waals surface area contributed by atoms with E-state index in [-0.39, 0.29) is 16.8 Å². The molecule has 0 bridgehead atoms. The summed E-state index contributed by atoms with van der Waals surface area (Å²) in [6.45, 7) is 4.02. The molecule has 0 unspecified atom stereocenters. The van der Waals surface area contributed by atoms with Crippen LogP contribution >= 0.6 is 11.6 Å². The quantitative estimate of drug-likeness (QED) is 0.271. The third kappa shape index (κ3) is 4.07. The fourth-order valence-corrected chi connectivity index (χ4v) is 4.72. The van der Waals surface area contributed by atoms with Gasteiger partial charge in [-0.25, -0.2) is 0 Å². The lowest BCUT2D eigenvalue weighted by atomic mass is 9.98. The van der Waals surface area contributed by atoms with Crippen molar-refractivity contribution < 1.29 is 18.5 Å². The second-order valence-corrected chi connectivity index (χ2v) is 9.47. The maximum Gasteiger partial charge on any atom is 0.296 e. The highest BCUT2D eigenvalue weighted by Gasteiger charge is 2.44. The van der Waals surface area contributed by atoms with Crippen molar-refractivity contribution >= 4 is 34.3 Å². The first-order valence-electron chi connectivity index (χ1n) is 11.7. The highest BCUT2D eigenvalue weighted by Crippen LogP contribution is 2.41. The summed E-state index contributed by atoms with van der Waals surface area (Å²) in [7, 11) is 0. The number of aromatic nitrogens is 1. The van der Waals surface area contributed by atoms with Crippen molar-refractivity contribution in [3.05, 3.63) is 122 Å². The van der Waals surface area contributed by atoms with E-state index in [0.717, 1.165) is 11.1 Å². The zero-order valence-electron chi connectivity index (χ0n) is 20.0. The van der Waals surface area contributed by atoms with Crippen molar-refractivity contribution in [1.29, 1.82) is 0 Å². The molecule has 3 aromatic carbocycles. The van der Waals surface area contributed by atoms with Crippen LogP contribution in [0.3, 0.4) is 0 Å². The van der Waals surface area contributed by atoms with Gasteiger partial charge >= 0.3 is 0 Å². The first-order valence-corrected chi connectivity index (χ1v) is 12.1. The Labute approximate surface area is 216 Å². The van der Waals surface area contributed by atoms with Crippen LogP contribution in [0.1, 0.15) is 44.6 Å². The normalized spacial score (nSPS) is 14.8. The standard InChI is InChI=1S/C29H21ClN2O5/c1-16-3-12-23-22(13-16)27(33)25-26(32(29(34)28(25)36-23)24-14-17(2)37-31-24)19-6-10-21(11-7-19)35-15-18-4-8-20(30)9-5-18/h3-14,26H,15H2,1-2H3/t26-/m1/s1. The first-order chi connectivity index (χ1) is 17.9. The summed E-state index contributed by atoms with van der Waals surface area (Å²) in [5.41, 5.74) is 3.02. The molecule has 6 rings (SSSR count). The van der Waals surface area contributed by atoms with Crippen LogP contribution < -0.4 is 15.1 Å².